The van der Waals surface area contributed by atoms with Crippen LogP contribution >= 0.6 is 0 Å². The van der Waals surface area contributed by atoms with Gasteiger partial charge in [-0.05, 0) is 33.0 Å². The van der Waals surface area contributed by atoms with E-state index >= 15 is 0 Å². The van der Waals surface area contributed by atoms with Crippen LogP contribution in [0, 0.1) is 16.7 Å². The minimum absolute atomic E-state index is 0.106. The van der Waals surface area contributed by atoms with E-state index in [9.17, 15) is 5.26 Å². The molecule has 1 fully saturated rings. The Morgan fingerprint density at radius 1 is 1.32 bits per heavy atom. The molecule has 19 heavy (non-hydrogen) atoms. The van der Waals surface area contributed by atoms with Gasteiger partial charge in [0.1, 0.15) is 5.58 Å². The third kappa shape index (κ3) is 1.75. The summed E-state index contributed by atoms with van der Waals surface area (Å²) in [4.78, 5) is 2.15. The largest absolute Gasteiger partial charge is 0.464 e. The van der Waals surface area contributed by atoms with Gasteiger partial charge in [0.2, 0.25) is 0 Å². The SMILES string of the molecule is CN(C)C(c1coc2ccccc12)C1(C#N)CCC1. The predicted octanol–water partition coefficient (Wildman–Crippen LogP) is 3.73. The third-order valence-electron chi connectivity index (χ3n) is 4.31. The number of nitrogens with zero attached hydrogens (tertiary/aromatic N) is 2. The maximum absolute atomic E-state index is 9.62. The molecule has 3 rings (SSSR count). The van der Waals surface area contributed by atoms with E-state index in [1.165, 1.54) is 0 Å². The van der Waals surface area contributed by atoms with Crippen molar-refractivity contribution in [2.24, 2.45) is 5.41 Å². The summed E-state index contributed by atoms with van der Waals surface area (Å²) in [5.74, 6) is 0. The summed E-state index contributed by atoms with van der Waals surface area (Å²) in [5, 5.41) is 10.7. The van der Waals surface area contributed by atoms with Crippen molar-refractivity contribution in [1.82, 2.24) is 4.90 Å². The highest BCUT2D eigenvalue weighted by Crippen LogP contribution is 2.53. The van der Waals surface area contributed by atoms with Crippen LogP contribution in [0.4, 0.5) is 0 Å². The maximum atomic E-state index is 9.62. The van der Waals surface area contributed by atoms with Crippen LogP contribution in [0.5, 0.6) is 0 Å². The minimum atomic E-state index is -0.254. The zero-order valence-corrected chi connectivity index (χ0v) is 11.4. The number of fused-ring (bicyclic) bond motifs is 1. The Morgan fingerprint density at radius 3 is 2.63 bits per heavy atom. The molecule has 2 aromatic rings. The number of nitriles is 1. The van der Waals surface area contributed by atoms with Gasteiger partial charge >= 0.3 is 0 Å². The molecule has 3 nitrogen and oxygen atoms in total. The van der Waals surface area contributed by atoms with Crippen molar-refractivity contribution >= 4 is 11.0 Å². The van der Waals surface area contributed by atoms with Gasteiger partial charge in [-0.15, -0.1) is 0 Å². The van der Waals surface area contributed by atoms with E-state index in [0.717, 1.165) is 35.8 Å². The van der Waals surface area contributed by atoms with Crippen molar-refractivity contribution < 1.29 is 4.42 Å². The normalized spacial score (nSPS) is 19.1. The van der Waals surface area contributed by atoms with Crippen LogP contribution in [0.15, 0.2) is 34.9 Å². The average molecular weight is 254 g/mol. The molecule has 1 saturated carbocycles. The monoisotopic (exact) mass is 254 g/mol. The van der Waals surface area contributed by atoms with Gasteiger partial charge in [-0.3, -0.25) is 0 Å². The molecule has 0 amide bonds. The molecule has 0 radical (unpaired) electrons. The molecule has 0 N–H and O–H groups in total. The molecule has 0 saturated heterocycles. The highest BCUT2D eigenvalue weighted by Gasteiger charge is 2.47. The highest BCUT2D eigenvalue weighted by atomic mass is 16.3. The van der Waals surface area contributed by atoms with E-state index in [0.29, 0.717) is 0 Å². The number of hydrogen-bond donors (Lipinski definition) is 0. The van der Waals surface area contributed by atoms with Crippen LogP contribution in [0.2, 0.25) is 0 Å². The van der Waals surface area contributed by atoms with E-state index in [-0.39, 0.29) is 11.5 Å². The molecule has 1 atom stereocenters. The molecule has 1 aromatic carbocycles. The average Bonchev–Trinajstić information content (AvgIpc) is 2.77. The molecule has 0 spiro atoms. The standard InChI is InChI=1S/C16H18N2O/c1-18(2)15(16(11-17)8-5-9-16)13-10-19-14-7-4-3-6-12(13)14/h3-4,6-7,10,15H,5,8-9H2,1-2H3. The van der Waals surface area contributed by atoms with Crippen LogP contribution in [-0.2, 0) is 0 Å². The van der Waals surface area contributed by atoms with Gasteiger partial charge in [0.05, 0.1) is 23.8 Å². The second-order valence-corrected chi connectivity index (χ2v) is 5.67. The second kappa shape index (κ2) is 4.40. The van der Waals surface area contributed by atoms with Crippen molar-refractivity contribution in [3.63, 3.8) is 0 Å². The van der Waals surface area contributed by atoms with Crippen molar-refractivity contribution in [1.29, 1.82) is 5.26 Å². The number of rotatable bonds is 3. The van der Waals surface area contributed by atoms with Crippen molar-refractivity contribution in [2.75, 3.05) is 14.1 Å². The lowest BCUT2D eigenvalue weighted by Crippen LogP contribution is -2.41. The lowest BCUT2D eigenvalue weighted by atomic mass is 9.63. The van der Waals surface area contributed by atoms with Gasteiger partial charge in [0, 0.05) is 10.9 Å². The van der Waals surface area contributed by atoms with Crippen molar-refractivity contribution in [3.8, 4) is 6.07 Å². The van der Waals surface area contributed by atoms with E-state index in [1.54, 1.807) is 0 Å². The zero-order valence-electron chi connectivity index (χ0n) is 11.4. The summed E-state index contributed by atoms with van der Waals surface area (Å²) in [6, 6.07) is 10.7. The van der Waals surface area contributed by atoms with Crippen LogP contribution in [0.3, 0.4) is 0 Å². The van der Waals surface area contributed by atoms with E-state index in [1.807, 2.05) is 38.6 Å². The van der Waals surface area contributed by atoms with Gasteiger partial charge in [-0.1, -0.05) is 24.6 Å². The quantitative estimate of drug-likeness (QED) is 0.838. The van der Waals surface area contributed by atoms with Gasteiger partial charge in [-0.2, -0.15) is 5.26 Å². The highest BCUT2D eigenvalue weighted by molar-refractivity contribution is 5.81. The first kappa shape index (κ1) is 12.3. The van der Waals surface area contributed by atoms with Crippen LogP contribution in [-0.4, -0.2) is 19.0 Å². The first-order chi connectivity index (χ1) is 9.18. The van der Waals surface area contributed by atoms with Crippen molar-refractivity contribution in [3.05, 3.63) is 36.1 Å². The molecule has 98 valence electrons. The molecule has 1 aliphatic rings. The molecule has 1 unspecified atom stereocenters. The smallest absolute Gasteiger partial charge is 0.134 e. The second-order valence-electron chi connectivity index (χ2n) is 5.67. The number of hydrogen-bond acceptors (Lipinski definition) is 3. The number of benzene rings is 1. The number of furan rings is 1. The lowest BCUT2D eigenvalue weighted by molar-refractivity contribution is 0.0752. The number of para-hydroxylation sites is 1. The summed E-state index contributed by atoms with van der Waals surface area (Å²) in [7, 11) is 4.09. The molecule has 1 aliphatic carbocycles. The molecule has 1 heterocycles. The zero-order chi connectivity index (χ0) is 13.5. The topological polar surface area (TPSA) is 40.2 Å². The summed E-state index contributed by atoms with van der Waals surface area (Å²) < 4.78 is 5.65. The Balaban J connectivity index is 2.13. The minimum Gasteiger partial charge on any atom is -0.464 e. The molecule has 0 bridgehead atoms. The fourth-order valence-corrected chi connectivity index (χ4v) is 3.28. The predicted molar refractivity (Wildman–Crippen MR) is 74.5 cm³/mol. The fraction of sp³-hybridized carbons (Fsp3) is 0.438. The van der Waals surface area contributed by atoms with Crippen molar-refractivity contribution in [2.45, 2.75) is 25.3 Å². The van der Waals surface area contributed by atoms with Crippen LogP contribution in [0.1, 0.15) is 30.9 Å². The molecule has 3 heteroatoms. The van der Waals surface area contributed by atoms with Crippen LogP contribution in [0.25, 0.3) is 11.0 Å². The first-order valence-electron chi connectivity index (χ1n) is 6.72. The molecule has 0 aliphatic heterocycles. The maximum Gasteiger partial charge on any atom is 0.134 e. The van der Waals surface area contributed by atoms with Gasteiger partial charge in [0.25, 0.3) is 0 Å². The van der Waals surface area contributed by atoms with Crippen LogP contribution < -0.4 is 0 Å². The summed E-state index contributed by atoms with van der Waals surface area (Å²) in [5.41, 5.74) is 1.79. The third-order valence-corrected chi connectivity index (χ3v) is 4.31. The summed E-state index contributed by atoms with van der Waals surface area (Å²) in [6.07, 6.45) is 4.93. The van der Waals surface area contributed by atoms with Gasteiger partial charge < -0.3 is 9.32 Å². The summed E-state index contributed by atoms with van der Waals surface area (Å²) >= 11 is 0. The van der Waals surface area contributed by atoms with Gasteiger partial charge in [0.15, 0.2) is 0 Å². The Kier molecular flexibility index (Phi) is 2.83. The molecular weight excluding hydrogens is 236 g/mol. The van der Waals surface area contributed by atoms with E-state index in [4.69, 9.17) is 4.42 Å². The lowest BCUT2D eigenvalue weighted by Gasteiger charge is -2.44. The Morgan fingerprint density at radius 2 is 2.05 bits per heavy atom. The van der Waals surface area contributed by atoms with E-state index < -0.39 is 0 Å². The van der Waals surface area contributed by atoms with E-state index in [2.05, 4.69) is 17.0 Å². The Hall–Kier alpha value is -1.79. The first-order valence-corrected chi connectivity index (χ1v) is 6.72. The van der Waals surface area contributed by atoms with Gasteiger partial charge in [-0.25, -0.2) is 0 Å². The Labute approximate surface area is 113 Å². The fourth-order valence-electron chi connectivity index (χ4n) is 3.28. The summed E-state index contributed by atoms with van der Waals surface area (Å²) in [6.45, 7) is 0. The molecule has 1 aromatic heterocycles. The Bertz CT molecular complexity index is 631. The molecular formula is C16H18N2O.